The maximum absolute atomic E-state index is 6.17. The number of aromatic nitrogens is 4. The molecule has 0 saturated heterocycles. The second-order valence-electron chi connectivity index (χ2n) is 12.3. The predicted octanol–water partition coefficient (Wildman–Crippen LogP) is 8.69. The molecule has 8 rings (SSSR count). The SMILES string of the molecule is CC(C)N1[CH-]N(c2[c-]c(Oc3[c-]c(-c4[c-]c(Oc5[c-]c(N6[CH-]N(C(C)C)c7ccccc76)cnc5)ccn4)ncc3)cnc2)c2ccccc21.[Pt].[Pt]. The first-order chi connectivity index (χ1) is 24.4. The van der Waals surface area contributed by atoms with Gasteiger partial charge in [-0.05, 0) is 88.8 Å². The summed E-state index contributed by atoms with van der Waals surface area (Å²) >= 11 is 0. The van der Waals surface area contributed by atoms with E-state index in [0.29, 0.717) is 34.4 Å². The van der Waals surface area contributed by atoms with Gasteiger partial charge in [-0.15, -0.1) is 35.7 Å². The average Bonchev–Trinajstić information content (AvgIpc) is 3.72. The Kier molecular flexibility index (Phi) is 11.3. The van der Waals surface area contributed by atoms with E-state index in [2.05, 4.69) is 129 Å². The summed E-state index contributed by atoms with van der Waals surface area (Å²) in [5, 5.41) is 0. The molecule has 2 aliphatic heterocycles. The fourth-order valence-corrected chi connectivity index (χ4v) is 5.90. The molecule has 0 bridgehead atoms. The van der Waals surface area contributed by atoms with Crippen LogP contribution in [-0.2, 0) is 42.1 Å². The average molecular weight is 1050 g/mol. The molecule has 6 aromatic rings. The van der Waals surface area contributed by atoms with E-state index in [1.165, 1.54) is 0 Å². The molecule has 0 radical (unpaired) electrons. The first kappa shape index (κ1) is 37.0. The molecule has 0 amide bonds. The molecule has 10 nitrogen and oxygen atoms in total. The Balaban J connectivity index is 0.00000232. The maximum atomic E-state index is 6.17. The van der Waals surface area contributed by atoms with Crippen molar-refractivity contribution in [3.63, 3.8) is 0 Å². The quantitative estimate of drug-likeness (QED) is 0.131. The van der Waals surface area contributed by atoms with Crippen molar-refractivity contribution < 1.29 is 51.6 Å². The molecule has 0 aliphatic carbocycles. The second kappa shape index (κ2) is 15.8. The minimum absolute atomic E-state index is 0. The molecule has 0 saturated carbocycles. The number of benzene rings is 2. The summed E-state index contributed by atoms with van der Waals surface area (Å²) < 4.78 is 12.3. The first-order valence-electron chi connectivity index (χ1n) is 16.3. The molecule has 6 heterocycles. The third kappa shape index (κ3) is 7.41. The molecule has 52 heavy (non-hydrogen) atoms. The van der Waals surface area contributed by atoms with Crippen LogP contribution in [0, 0.1) is 37.6 Å². The van der Waals surface area contributed by atoms with Crippen molar-refractivity contribution >= 4 is 34.1 Å². The van der Waals surface area contributed by atoms with Gasteiger partial charge >= 0.3 is 0 Å². The maximum Gasteiger partial charge on any atom is 0.0326 e. The number of rotatable bonds is 9. The van der Waals surface area contributed by atoms with E-state index in [1.54, 1.807) is 49.3 Å². The number of anilines is 6. The Morgan fingerprint density at radius 1 is 0.519 bits per heavy atom. The van der Waals surface area contributed by atoms with E-state index >= 15 is 0 Å². The number of nitrogens with zero attached hydrogens (tertiary/aromatic N) is 8. The third-order valence-corrected chi connectivity index (χ3v) is 8.24. The summed E-state index contributed by atoms with van der Waals surface area (Å²) in [6.07, 6.45) is 10.0. The van der Waals surface area contributed by atoms with E-state index in [9.17, 15) is 0 Å². The Morgan fingerprint density at radius 2 is 0.923 bits per heavy atom. The molecule has 0 unspecified atom stereocenters. The van der Waals surface area contributed by atoms with Crippen molar-refractivity contribution in [1.29, 1.82) is 0 Å². The molecule has 0 atom stereocenters. The summed E-state index contributed by atoms with van der Waals surface area (Å²) in [6.45, 7) is 12.8. The topological polar surface area (TPSA) is 83.0 Å². The second-order valence-corrected chi connectivity index (χ2v) is 12.3. The standard InChI is InChI=1S/C40H32N8O2.2Pt/c1-27(2)45-25-47(39-11-7-5-9-37(39)45)29-17-33(23-41-21-29)49-31-13-15-43-35(19-31)36-20-32(14-16-44-36)50-34-18-30(22-42-24-34)48-26-46(28(3)4)38-10-6-8-12-40(38)48;;/h5-16,21-28H,1-4H3;;/q-6;;. The number of hydrogen-bond acceptors (Lipinski definition) is 10. The van der Waals surface area contributed by atoms with Crippen molar-refractivity contribution in [1.82, 2.24) is 19.9 Å². The molecule has 270 valence electrons. The number of pyridine rings is 4. The molecule has 4 aromatic heterocycles. The van der Waals surface area contributed by atoms with Gasteiger partial charge in [0, 0.05) is 87.9 Å². The van der Waals surface area contributed by atoms with E-state index in [0.717, 1.165) is 34.1 Å². The molecule has 2 aromatic carbocycles. The van der Waals surface area contributed by atoms with Crippen molar-refractivity contribution in [2.24, 2.45) is 0 Å². The third-order valence-electron chi connectivity index (χ3n) is 8.24. The fraction of sp³-hybridized carbons (Fsp3) is 0.150. The normalized spacial score (nSPS) is 13.1. The number of ether oxygens (including phenoxy) is 2. The summed E-state index contributed by atoms with van der Waals surface area (Å²) in [4.78, 5) is 26.4. The Bertz CT molecular complexity index is 2010. The summed E-state index contributed by atoms with van der Waals surface area (Å²) in [5.74, 6) is 1.75. The van der Waals surface area contributed by atoms with Gasteiger partial charge in [-0.3, -0.25) is 0 Å². The van der Waals surface area contributed by atoms with Gasteiger partial charge < -0.3 is 49.0 Å². The van der Waals surface area contributed by atoms with Crippen LogP contribution in [0.3, 0.4) is 0 Å². The van der Waals surface area contributed by atoms with Crippen molar-refractivity contribution in [2.45, 2.75) is 39.8 Å². The van der Waals surface area contributed by atoms with E-state index < -0.39 is 0 Å². The van der Waals surface area contributed by atoms with Gasteiger partial charge in [0.1, 0.15) is 0 Å². The Labute approximate surface area is 333 Å². The van der Waals surface area contributed by atoms with Gasteiger partial charge in [0.15, 0.2) is 0 Å². The smallest absolute Gasteiger partial charge is 0.0326 e. The van der Waals surface area contributed by atoms with Gasteiger partial charge in [0.25, 0.3) is 0 Å². The van der Waals surface area contributed by atoms with Crippen LogP contribution in [0.4, 0.5) is 34.1 Å². The Morgan fingerprint density at radius 3 is 1.33 bits per heavy atom. The molecule has 0 fully saturated rings. The molecular weight excluding hydrogens is 1010 g/mol. The van der Waals surface area contributed by atoms with E-state index in [4.69, 9.17) is 9.47 Å². The van der Waals surface area contributed by atoms with Crippen LogP contribution in [0.25, 0.3) is 11.4 Å². The number of fused-ring (bicyclic) bond motifs is 2. The molecule has 0 spiro atoms. The summed E-state index contributed by atoms with van der Waals surface area (Å²) in [6, 6.07) is 33.6. The van der Waals surface area contributed by atoms with Gasteiger partial charge in [0.2, 0.25) is 0 Å². The zero-order valence-electron chi connectivity index (χ0n) is 28.6. The van der Waals surface area contributed by atoms with Crippen molar-refractivity contribution in [2.75, 3.05) is 19.6 Å². The summed E-state index contributed by atoms with van der Waals surface area (Å²) in [7, 11) is 0. The first-order valence-corrected chi connectivity index (χ1v) is 16.3. The van der Waals surface area contributed by atoms with Crippen molar-refractivity contribution in [3.05, 3.63) is 135 Å². The minimum Gasteiger partial charge on any atom is -0.509 e. The van der Waals surface area contributed by atoms with Crippen LogP contribution < -0.4 is 29.1 Å². The van der Waals surface area contributed by atoms with Gasteiger partial charge in [0.05, 0.1) is 0 Å². The van der Waals surface area contributed by atoms with E-state index in [1.807, 2.05) is 24.3 Å². The zero-order valence-corrected chi connectivity index (χ0v) is 33.1. The summed E-state index contributed by atoms with van der Waals surface area (Å²) in [5.41, 5.74) is 6.75. The van der Waals surface area contributed by atoms with Gasteiger partial charge in [-0.1, -0.05) is 48.0 Å². The van der Waals surface area contributed by atoms with Crippen molar-refractivity contribution in [3.8, 4) is 34.4 Å². The van der Waals surface area contributed by atoms with E-state index in [-0.39, 0.29) is 54.2 Å². The predicted molar refractivity (Wildman–Crippen MR) is 192 cm³/mol. The molecule has 0 N–H and O–H groups in total. The molecule has 2 aliphatic rings. The fourth-order valence-electron chi connectivity index (χ4n) is 5.90. The minimum atomic E-state index is 0. The van der Waals surface area contributed by atoms with Crippen LogP contribution in [0.15, 0.2) is 97.8 Å². The number of para-hydroxylation sites is 4. The van der Waals surface area contributed by atoms with Gasteiger partial charge in [-0.25, -0.2) is 0 Å². The van der Waals surface area contributed by atoms with Crippen LogP contribution in [0.5, 0.6) is 23.0 Å². The van der Waals surface area contributed by atoms with Crippen LogP contribution in [-0.4, -0.2) is 32.0 Å². The monoisotopic (exact) mass is 1050 g/mol. The molecular formula is C40H32N8O2Pt2-6. The Hall–Kier alpha value is -4.78. The molecule has 12 heteroatoms. The number of hydrogen-bond donors (Lipinski definition) is 0. The zero-order chi connectivity index (χ0) is 34.2. The van der Waals surface area contributed by atoms with Crippen LogP contribution in [0.1, 0.15) is 27.7 Å². The van der Waals surface area contributed by atoms with Crippen LogP contribution >= 0.6 is 0 Å². The van der Waals surface area contributed by atoms with Crippen LogP contribution in [0.2, 0.25) is 0 Å². The largest absolute Gasteiger partial charge is 0.509 e. The van der Waals surface area contributed by atoms with Gasteiger partial charge in [-0.2, -0.15) is 25.5 Å².